The molecule has 160 valence electrons. The van der Waals surface area contributed by atoms with Crippen LogP contribution in [0.25, 0.3) is 0 Å². The van der Waals surface area contributed by atoms with Crippen molar-refractivity contribution in [3.8, 4) is 11.5 Å². The highest BCUT2D eigenvalue weighted by atomic mass is 35.5. The number of sulfonamides is 1. The second-order valence-electron chi connectivity index (χ2n) is 7.01. The molecule has 0 aliphatic carbocycles. The van der Waals surface area contributed by atoms with Crippen molar-refractivity contribution in [3.63, 3.8) is 0 Å². The topological polar surface area (TPSA) is 68.2 Å². The fourth-order valence-corrected chi connectivity index (χ4v) is 5.08. The van der Waals surface area contributed by atoms with E-state index < -0.39 is 16.1 Å². The summed E-state index contributed by atoms with van der Waals surface area (Å²) in [6.07, 6.45) is 0.393. The van der Waals surface area contributed by atoms with Gasteiger partial charge in [-0.05, 0) is 47.5 Å². The molecule has 0 amide bonds. The Morgan fingerprint density at radius 1 is 0.935 bits per heavy atom. The van der Waals surface area contributed by atoms with Crippen LogP contribution in [0.15, 0.2) is 82.8 Å². The minimum absolute atomic E-state index is 0.177. The molecule has 0 N–H and O–H groups in total. The fraction of sp³-hybridized carbons (Fsp3) is 0.174. The Kier molecular flexibility index (Phi) is 5.89. The Hall–Kier alpha value is -3.03. The molecular formula is C23H21ClN2O4S. The van der Waals surface area contributed by atoms with E-state index in [1.165, 1.54) is 4.41 Å². The van der Waals surface area contributed by atoms with E-state index in [-0.39, 0.29) is 4.90 Å². The van der Waals surface area contributed by atoms with Crippen molar-refractivity contribution in [2.75, 3.05) is 14.2 Å². The summed E-state index contributed by atoms with van der Waals surface area (Å²) in [7, 11) is -0.772. The average molecular weight is 457 g/mol. The number of methoxy groups -OCH3 is 2. The number of nitrogens with zero attached hydrogens (tertiary/aromatic N) is 2. The van der Waals surface area contributed by atoms with E-state index in [1.807, 2.05) is 12.1 Å². The van der Waals surface area contributed by atoms with Crippen LogP contribution in [0.2, 0.25) is 5.02 Å². The van der Waals surface area contributed by atoms with Crippen molar-refractivity contribution in [2.45, 2.75) is 17.4 Å². The lowest BCUT2D eigenvalue weighted by Gasteiger charge is -2.24. The van der Waals surface area contributed by atoms with Crippen molar-refractivity contribution in [1.82, 2.24) is 4.41 Å². The molecule has 1 atom stereocenters. The molecule has 6 nitrogen and oxygen atoms in total. The summed E-state index contributed by atoms with van der Waals surface area (Å²) in [5, 5.41) is 5.14. The monoisotopic (exact) mass is 456 g/mol. The van der Waals surface area contributed by atoms with Gasteiger partial charge in [-0.2, -0.15) is 17.9 Å². The SMILES string of the molecule is COc1cc(OC)cc(C2CC(c3ccc(Cl)cc3)=NN2S(=O)(=O)c2ccccc2)c1. The van der Waals surface area contributed by atoms with Gasteiger partial charge in [0.05, 0.1) is 30.9 Å². The maximum absolute atomic E-state index is 13.5. The third-order valence-corrected chi connectivity index (χ3v) is 7.04. The number of benzene rings is 3. The minimum atomic E-state index is -3.89. The predicted molar refractivity (Wildman–Crippen MR) is 120 cm³/mol. The summed E-state index contributed by atoms with van der Waals surface area (Å²) in [5.41, 5.74) is 2.20. The van der Waals surface area contributed by atoms with Crippen molar-refractivity contribution >= 4 is 27.3 Å². The molecule has 8 heteroatoms. The summed E-state index contributed by atoms with van der Waals surface area (Å²) in [6, 6.07) is 20.3. The summed E-state index contributed by atoms with van der Waals surface area (Å²) >= 11 is 6.02. The van der Waals surface area contributed by atoms with Gasteiger partial charge in [0.2, 0.25) is 0 Å². The molecule has 0 saturated heterocycles. The summed E-state index contributed by atoms with van der Waals surface area (Å²) in [6.45, 7) is 0. The Morgan fingerprint density at radius 2 is 1.55 bits per heavy atom. The van der Waals surface area contributed by atoms with Gasteiger partial charge in [-0.1, -0.05) is 41.9 Å². The molecule has 0 aromatic heterocycles. The number of hydrogen-bond acceptors (Lipinski definition) is 5. The van der Waals surface area contributed by atoms with Gasteiger partial charge in [-0.15, -0.1) is 0 Å². The molecular weight excluding hydrogens is 436 g/mol. The third-order valence-electron chi connectivity index (χ3n) is 5.10. The predicted octanol–water partition coefficient (Wildman–Crippen LogP) is 4.90. The van der Waals surface area contributed by atoms with E-state index in [9.17, 15) is 8.42 Å². The van der Waals surface area contributed by atoms with Crippen LogP contribution in [-0.4, -0.2) is 32.8 Å². The molecule has 0 fully saturated rings. The van der Waals surface area contributed by atoms with E-state index in [1.54, 1.807) is 74.9 Å². The number of ether oxygens (including phenoxy) is 2. The number of rotatable bonds is 6. The molecule has 1 aliphatic heterocycles. The quantitative estimate of drug-likeness (QED) is 0.529. The first-order valence-corrected chi connectivity index (χ1v) is 11.4. The number of halogens is 1. The largest absolute Gasteiger partial charge is 0.497 e. The maximum Gasteiger partial charge on any atom is 0.279 e. The molecule has 4 rings (SSSR count). The molecule has 31 heavy (non-hydrogen) atoms. The van der Waals surface area contributed by atoms with Crippen LogP contribution in [0.5, 0.6) is 11.5 Å². The second-order valence-corrected chi connectivity index (χ2v) is 9.24. The van der Waals surface area contributed by atoms with E-state index in [0.717, 1.165) is 11.1 Å². The van der Waals surface area contributed by atoms with E-state index in [0.29, 0.717) is 28.7 Å². The van der Waals surface area contributed by atoms with Crippen LogP contribution in [-0.2, 0) is 10.0 Å². The lowest BCUT2D eigenvalue weighted by molar-refractivity contribution is 0.362. The van der Waals surface area contributed by atoms with E-state index in [2.05, 4.69) is 5.10 Å². The molecule has 3 aromatic carbocycles. The summed E-state index contributed by atoms with van der Waals surface area (Å²) < 4.78 is 38.9. The second kappa shape index (κ2) is 8.61. The van der Waals surface area contributed by atoms with Crippen LogP contribution < -0.4 is 9.47 Å². The van der Waals surface area contributed by atoms with Crippen molar-refractivity contribution in [3.05, 3.63) is 88.9 Å². The standard InChI is InChI=1S/C23H21ClN2O4S/c1-29-19-12-17(13-20(14-19)30-2)23-15-22(16-8-10-18(24)11-9-16)25-26(23)31(27,28)21-6-4-3-5-7-21/h3-14,23H,15H2,1-2H3. The maximum atomic E-state index is 13.5. The Balaban J connectivity index is 1.83. The van der Waals surface area contributed by atoms with E-state index in [4.69, 9.17) is 21.1 Å². The van der Waals surface area contributed by atoms with Crippen LogP contribution >= 0.6 is 11.6 Å². The normalized spacial score (nSPS) is 16.2. The first-order chi connectivity index (χ1) is 14.9. The van der Waals surface area contributed by atoms with E-state index >= 15 is 0 Å². The summed E-state index contributed by atoms with van der Waals surface area (Å²) in [5.74, 6) is 1.15. The zero-order valence-corrected chi connectivity index (χ0v) is 18.6. The molecule has 0 saturated carbocycles. The number of hydrogen-bond donors (Lipinski definition) is 0. The first kappa shape index (κ1) is 21.2. The lowest BCUT2D eigenvalue weighted by atomic mass is 9.99. The minimum Gasteiger partial charge on any atom is -0.497 e. The Labute approximate surface area is 186 Å². The molecule has 0 radical (unpaired) electrons. The van der Waals surface area contributed by atoms with Gasteiger partial charge in [0.1, 0.15) is 11.5 Å². The first-order valence-electron chi connectivity index (χ1n) is 9.58. The third kappa shape index (κ3) is 4.24. The molecule has 0 bridgehead atoms. The Morgan fingerprint density at radius 3 is 2.13 bits per heavy atom. The summed E-state index contributed by atoms with van der Waals surface area (Å²) in [4.78, 5) is 0.177. The highest BCUT2D eigenvalue weighted by Gasteiger charge is 2.38. The van der Waals surface area contributed by atoms with Crippen molar-refractivity contribution in [1.29, 1.82) is 0 Å². The van der Waals surface area contributed by atoms with Gasteiger partial charge in [0, 0.05) is 17.5 Å². The van der Waals surface area contributed by atoms with Gasteiger partial charge in [0.15, 0.2) is 0 Å². The van der Waals surface area contributed by atoms with Crippen LogP contribution in [0.4, 0.5) is 0 Å². The van der Waals surface area contributed by atoms with Gasteiger partial charge >= 0.3 is 0 Å². The van der Waals surface area contributed by atoms with Gasteiger partial charge in [0.25, 0.3) is 10.0 Å². The average Bonchev–Trinajstić information content (AvgIpc) is 3.26. The molecule has 1 unspecified atom stereocenters. The van der Waals surface area contributed by atoms with Crippen LogP contribution in [0.1, 0.15) is 23.6 Å². The van der Waals surface area contributed by atoms with Crippen molar-refractivity contribution in [2.24, 2.45) is 5.10 Å². The molecule has 3 aromatic rings. The van der Waals surface area contributed by atoms with Crippen molar-refractivity contribution < 1.29 is 17.9 Å². The fourth-order valence-electron chi connectivity index (χ4n) is 3.50. The van der Waals surface area contributed by atoms with Crippen LogP contribution in [0.3, 0.4) is 0 Å². The van der Waals surface area contributed by atoms with Gasteiger partial charge in [-0.3, -0.25) is 0 Å². The molecule has 1 heterocycles. The molecule has 0 spiro atoms. The smallest absolute Gasteiger partial charge is 0.279 e. The highest BCUT2D eigenvalue weighted by molar-refractivity contribution is 7.89. The lowest BCUT2D eigenvalue weighted by Crippen LogP contribution is -2.27. The Bertz CT molecular complexity index is 1190. The van der Waals surface area contributed by atoms with Crippen LogP contribution in [0, 0.1) is 0 Å². The zero-order valence-electron chi connectivity index (χ0n) is 17.0. The highest BCUT2D eigenvalue weighted by Crippen LogP contribution is 2.39. The van der Waals surface area contributed by atoms with Gasteiger partial charge < -0.3 is 9.47 Å². The number of hydrazone groups is 1. The zero-order chi connectivity index (χ0) is 22.0. The van der Waals surface area contributed by atoms with Gasteiger partial charge in [-0.25, -0.2) is 0 Å². The molecule has 1 aliphatic rings.